The summed E-state index contributed by atoms with van der Waals surface area (Å²) in [7, 11) is -3.69. The number of sulfonamides is 1. The predicted molar refractivity (Wildman–Crippen MR) is 86.1 cm³/mol. The van der Waals surface area contributed by atoms with Crippen molar-refractivity contribution in [2.45, 2.75) is 18.2 Å². The fourth-order valence-corrected chi connectivity index (χ4v) is 4.23. The molecule has 0 saturated carbocycles. The third-order valence-corrected chi connectivity index (χ3v) is 6.07. The van der Waals surface area contributed by atoms with Gasteiger partial charge in [0.15, 0.2) is 0 Å². The van der Waals surface area contributed by atoms with E-state index in [1.54, 1.807) is 44.2 Å². The highest BCUT2D eigenvalue weighted by molar-refractivity contribution is 7.91. The first-order chi connectivity index (χ1) is 11.0. The monoisotopic (exact) mass is 356 g/mol. The highest BCUT2D eigenvalue weighted by Crippen LogP contribution is 2.23. The fraction of sp³-hybridized carbons (Fsp3) is 0.308. The number of nitrogens with one attached hydrogen (secondary N) is 1. The van der Waals surface area contributed by atoms with Crippen LogP contribution in [0, 0.1) is 0 Å². The second-order valence-electron chi connectivity index (χ2n) is 4.29. The van der Waals surface area contributed by atoms with Crippen LogP contribution in [0.5, 0.6) is 5.75 Å². The molecule has 0 aliphatic carbocycles. The van der Waals surface area contributed by atoms with Crippen LogP contribution in [-0.2, 0) is 10.0 Å². The van der Waals surface area contributed by atoms with Crippen LogP contribution in [0.15, 0.2) is 34.7 Å². The van der Waals surface area contributed by atoms with Gasteiger partial charge in [-0.2, -0.15) is 4.31 Å². The summed E-state index contributed by atoms with van der Waals surface area (Å²) in [6.07, 6.45) is -0.765. The summed E-state index contributed by atoms with van der Waals surface area (Å²) < 4.78 is 30.7. The molecule has 0 unspecified atom stereocenters. The molecule has 1 aromatic heterocycles. The number of carbonyl (C=O) groups excluding carboxylic acids is 1. The van der Waals surface area contributed by atoms with Crippen LogP contribution in [0.25, 0.3) is 0 Å². The Morgan fingerprint density at radius 1 is 1.22 bits per heavy atom. The molecule has 2 aromatic rings. The van der Waals surface area contributed by atoms with Gasteiger partial charge in [0.05, 0.1) is 0 Å². The Kier molecular flexibility index (Phi) is 5.64. The first kappa shape index (κ1) is 17.3. The molecule has 0 aliphatic heterocycles. The molecule has 0 saturated heterocycles. The Bertz CT molecular complexity index is 757. The number of hydrogen-bond acceptors (Lipinski definition) is 7. The van der Waals surface area contributed by atoms with E-state index in [0.29, 0.717) is 18.8 Å². The van der Waals surface area contributed by atoms with Gasteiger partial charge >= 0.3 is 6.09 Å². The lowest BCUT2D eigenvalue weighted by atomic mass is 10.3. The molecule has 0 spiro atoms. The minimum atomic E-state index is -3.69. The average Bonchev–Trinajstić information content (AvgIpc) is 2.98. The molecule has 1 amide bonds. The van der Waals surface area contributed by atoms with Crippen LogP contribution < -0.4 is 10.1 Å². The largest absolute Gasteiger partial charge is 0.418 e. The number of hydrogen-bond donors (Lipinski definition) is 1. The van der Waals surface area contributed by atoms with Crippen molar-refractivity contribution >= 4 is 32.6 Å². The van der Waals surface area contributed by atoms with Crippen molar-refractivity contribution in [2.24, 2.45) is 0 Å². The second-order valence-corrected chi connectivity index (χ2v) is 7.38. The Hall–Kier alpha value is -2.04. The van der Waals surface area contributed by atoms with Crippen molar-refractivity contribution in [2.75, 3.05) is 18.4 Å². The Morgan fingerprint density at radius 2 is 1.87 bits per heavy atom. The maximum atomic E-state index is 12.3. The van der Waals surface area contributed by atoms with Gasteiger partial charge in [-0.15, -0.1) is 10.2 Å². The summed E-state index contributed by atoms with van der Waals surface area (Å²) in [4.78, 5) is 11.7. The topological polar surface area (TPSA) is 101 Å². The highest BCUT2D eigenvalue weighted by Gasteiger charge is 2.26. The summed E-state index contributed by atoms with van der Waals surface area (Å²) in [5, 5.41) is 9.71. The number of anilines is 1. The normalized spacial score (nSPS) is 11.4. The molecule has 8 nitrogen and oxygen atoms in total. The maximum absolute atomic E-state index is 12.3. The second kappa shape index (κ2) is 7.49. The van der Waals surface area contributed by atoms with Gasteiger partial charge in [0.1, 0.15) is 5.75 Å². The predicted octanol–water partition coefficient (Wildman–Crippen LogP) is 2.18. The molecule has 0 aliphatic rings. The molecule has 0 atom stereocenters. The van der Waals surface area contributed by atoms with E-state index in [2.05, 4.69) is 15.5 Å². The molecule has 2 rings (SSSR count). The molecular weight excluding hydrogens is 340 g/mol. The van der Waals surface area contributed by atoms with Gasteiger partial charge in [-0.25, -0.2) is 13.2 Å². The van der Waals surface area contributed by atoms with Crippen molar-refractivity contribution in [1.29, 1.82) is 0 Å². The Morgan fingerprint density at radius 3 is 2.48 bits per heavy atom. The first-order valence-electron chi connectivity index (χ1n) is 6.85. The van der Waals surface area contributed by atoms with E-state index >= 15 is 0 Å². The van der Waals surface area contributed by atoms with E-state index in [1.807, 2.05) is 0 Å². The minimum absolute atomic E-state index is 0.0525. The molecular formula is C13H16N4O4S2. The van der Waals surface area contributed by atoms with Gasteiger partial charge in [0, 0.05) is 13.1 Å². The van der Waals surface area contributed by atoms with E-state index in [0.717, 1.165) is 11.3 Å². The van der Waals surface area contributed by atoms with Crippen molar-refractivity contribution in [1.82, 2.24) is 14.5 Å². The third-order valence-electron chi connectivity index (χ3n) is 2.84. The molecule has 0 bridgehead atoms. The number of aromatic nitrogens is 2. The summed E-state index contributed by atoms with van der Waals surface area (Å²) in [5.74, 6) is 0.366. The van der Waals surface area contributed by atoms with E-state index in [4.69, 9.17) is 4.74 Å². The van der Waals surface area contributed by atoms with Gasteiger partial charge in [0.2, 0.25) is 9.47 Å². The molecule has 0 fully saturated rings. The molecule has 1 aromatic carbocycles. The number of carbonyl (C=O) groups is 1. The zero-order valence-corrected chi connectivity index (χ0v) is 14.2. The summed E-state index contributed by atoms with van der Waals surface area (Å²) in [5.41, 5.74) is 0. The van der Waals surface area contributed by atoms with Crippen molar-refractivity contribution in [3.05, 3.63) is 30.3 Å². The van der Waals surface area contributed by atoms with Crippen LogP contribution in [0.3, 0.4) is 0 Å². The number of nitrogens with zero attached hydrogens (tertiary/aromatic N) is 3. The van der Waals surface area contributed by atoms with Gasteiger partial charge in [-0.3, -0.25) is 5.32 Å². The summed E-state index contributed by atoms with van der Waals surface area (Å²) >= 11 is 0.774. The number of rotatable bonds is 6. The van der Waals surface area contributed by atoms with Gasteiger partial charge < -0.3 is 4.74 Å². The maximum Gasteiger partial charge on any atom is 0.418 e. The molecule has 124 valence electrons. The van der Waals surface area contributed by atoms with Gasteiger partial charge in [0.25, 0.3) is 10.0 Å². The number of amides is 1. The van der Waals surface area contributed by atoms with E-state index in [-0.39, 0.29) is 9.47 Å². The lowest BCUT2D eigenvalue weighted by molar-refractivity contribution is 0.215. The third kappa shape index (κ3) is 4.24. The van der Waals surface area contributed by atoms with Crippen LogP contribution in [0.4, 0.5) is 9.93 Å². The summed E-state index contributed by atoms with van der Waals surface area (Å²) in [6.45, 7) is 4.13. The van der Waals surface area contributed by atoms with Crippen LogP contribution >= 0.6 is 11.3 Å². The van der Waals surface area contributed by atoms with E-state index in [1.165, 1.54) is 4.31 Å². The van der Waals surface area contributed by atoms with Crippen molar-refractivity contribution < 1.29 is 17.9 Å². The standard InChI is InChI=1S/C13H16N4O4S2/c1-3-17(4-2)23(19,20)13-16-15-11(22-13)14-12(18)21-10-8-6-5-7-9-10/h5-9H,3-4H2,1-2H3,(H,14,15,18). The Labute approximate surface area is 138 Å². The zero-order chi connectivity index (χ0) is 16.9. The van der Waals surface area contributed by atoms with Crippen molar-refractivity contribution in [3.8, 4) is 5.75 Å². The summed E-state index contributed by atoms with van der Waals surface area (Å²) in [6, 6.07) is 8.48. The quantitative estimate of drug-likeness (QED) is 0.796. The van der Waals surface area contributed by atoms with Gasteiger partial charge in [-0.1, -0.05) is 43.4 Å². The zero-order valence-electron chi connectivity index (χ0n) is 12.6. The van der Waals surface area contributed by atoms with Crippen LogP contribution in [-0.4, -0.2) is 42.1 Å². The average molecular weight is 356 g/mol. The van der Waals surface area contributed by atoms with Crippen LogP contribution in [0.2, 0.25) is 0 Å². The van der Waals surface area contributed by atoms with Gasteiger partial charge in [-0.05, 0) is 12.1 Å². The smallest absolute Gasteiger partial charge is 0.410 e. The van der Waals surface area contributed by atoms with Crippen LogP contribution in [0.1, 0.15) is 13.8 Å². The lowest BCUT2D eigenvalue weighted by Crippen LogP contribution is -2.30. The van der Waals surface area contributed by atoms with E-state index < -0.39 is 16.1 Å². The lowest BCUT2D eigenvalue weighted by Gasteiger charge is -2.15. The van der Waals surface area contributed by atoms with Crippen molar-refractivity contribution in [3.63, 3.8) is 0 Å². The highest BCUT2D eigenvalue weighted by atomic mass is 32.2. The minimum Gasteiger partial charge on any atom is -0.410 e. The Balaban J connectivity index is 2.06. The fourth-order valence-electron chi connectivity index (χ4n) is 1.75. The SMILES string of the molecule is CCN(CC)S(=O)(=O)c1nnc(NC(=O)Oc2ccccc2)s1. The number of benzene rings is 1. The first-order valence-corrected chi connectivity index (χ1v) is 9.10. The molecule has 1 heterocycles. The number of ether oxygens (including phenoxy) is 1. The van der Waals surface area contributed by atoms with E-state index in [9.17, 15) is 13.2 Å². The number of para-hydroxylation sites is 1. The molecule has 1 N–H and O–H groups in total. The molecule has 23 heavy (non-hydrogen) atoms. The molecule has 10 heteroatoms. The molecule has 0 radical (unpaired) electrons.